The number of nitrogens with one attached hydrogen (secondary N) is 1. The van der Waals surface area contributed by atoms with Gasteiger partial charge in [-0.1, -0.05) is 6.07 Å². The number of carbonyl (C=O) groups is 1. The Hall–Kier alpha value is -2.57. The fourth-order valence-corrected chi connectivity index (χ4v) is 1.91. The number of esters is 1. The molecule has 0 aliphatic rings. The van der Waals surface area contributed by atoms with E-state index >= 15 is 0 Å². The van der Waals surface area contributed by atoms with Gasteiger partial charge in [0.15, 0.2) is 0 Å². The third kappa shape index (κ3) is 4.71. The molecule has 0 radical (unpaired) electrons. The third-order valence-corrected chi connectivity index (χ3v) is 2.88. The molecule has 0 bridgehead atoms. The van der Waals surface area contributed by atoms with E-state index in [2.05, 4.69) is 10.3 Å². The van der Waals surface area contributed by atoms with E-state index in [1.807, 2.05) is 0 Å². The van der Waals surface area contributed by atoms with Crippen molar-refractivity contribution in [2.45, 2.75) is 32.5 Å². The Kier molecular flexibility index (Phi) is 4.82. The largest absolute Gasteiger partial charge is 0.456 e. The first-order valence-electron chi connectivity index (χ1n) is 7.19. The summed E-state index contributed by atoms with van der Waals surface area (Å²) in [6.45, 7) is 5.17. The van der Waals surface area contributed by atoms with Gasteiger partial charge in [-0.3, -0.25) is 0 Å². The number of alkyl halides is 3. The maximum Gasteiger partial charge on any atom is 0.416 e. The van der Waals surface area contributed by atoms with Crippen LogP contribution in [0.5, 0.6) is 0 Å². The monoisotopic (exact) mass is 338 g/mol. The molecule has 0 aliphatic heterocycles. The lowest BCUT2D eigenvalue weighted by Gasteiger charge is -2.20. The molecular formula is C17H17F3N2O2. The normalized spacial score (nSPS) is 11.9. The molecule has 2 rings (SSSR count). The number of hydrogen-bond donors (Lipinski definition) is 1. The molecule has 0 atom stereocenters. The van der Waals surface area contributed by atoms with Gasteiger partial charge in [0.05, 0.1) is 5.56 Å². The fourth-order valence-electron chi connectivity index (χ4n) is 1.91. The minimum Gasteiger partial charge on any atom is -0.456 e. The second kappa shape index (κ2) is 6.51. The molecule has 0 saturated heterocycles. The lowest BCUT2D eigenvalue weighted by molar-refractivity contribution is -0.137. The lowest BCUT2D eigenvalue weighted by atomic mass is 10.1. The number of halogens is 3. The maximum atomic E-state index is 12.8. The fraction of sp³-hybridized carbons (Fsp3) is 0.294. The summed E-state index contributed by atoms with van der Waals surface area (Å²) in [4.78, 5) is 16.2. The van der Waals surface area contributed by atoms with Crippen molar-refractivity contribution < 1.29 is 22.7 Å². The number of ether oxygens (including phenoxy) is 1. The van der Waals surface area contributed by atoms with Gasteiger partial charge in [0, 0.05) is 11.9 Å². The highest BCUT2D eigenvalue weighted by atomic mass is 19.4. The van der Waals surface area contributed by atoms with Crippen molar-refractivity contribution in [3.63, 3.8) is 0 Å². The highest BCUT2D eigenvalue weighted by Gasteiger charge is 2.30. The summed E-state index contributed by atoms with van der Waals surface area (Å²) < 4.78 is 43.6. The molecule has 0 fully saturated rings. The number of nitrogens with zero attached hydrogens (tertiary/aromatic N) is 1. The summed E-state index contributed by atoms with van der Waals surface area (Å²) in [5, 5.41) is 2.74. The Balaban J connectivity index is 2.30. The number of aromatic nitrogens is 1. The Morgan fingerprint density at radius 2 is 1.83 bits per heavy atom. The predicted octanol–water partition coefficient (Wildman–Crippen LogP) is 4.80. The SMILES string of the molecule is CC(C)(C)OC(=O)c1cccnc1Nc1cccc(C(F)(F)F)c1. The van der Waals surface area contributed by atoms with Crippen LogP contribution in [0, 0.1) is 0 Å². The maximum absolute atomic E-state index is 12.8. The van der Waals surface area contributed by atoms with Crippen molar-refractivity contribution in [3.8, 4) is 0 Å². The van der Waals surface area contributed by atoms with Gasteiger partial charge in [-0.15, -0.1) is 0 Å². The number of pyridine rings is 1. The van der Waals surface area contributed by atoms with E-state index in [9.17, 15) is 18.0 Å². The molecule has 0 spiro atoms. The lowest BCUT2D eigenvalue weighted by Crippen LogP contribution is -2.24. The van der Waals surface area contributed by atoms with E-state index < -0.39 is 23.3 Å². The molecular weight excluding hydrogens is 321 g/mol. The van der Waals surface area contributed by atoms with Crippen molar-refractivity contribution in [3.05, 3.63) is 53.7 Å². The van der Waals surface area contributed by atoms with E-state index in [-0.39, 0.29) is 17.1 Å². The number of benzene rings is 1. The van der Waals surface area contributed by atoms with Gasteiger partial charge in [-0.2, -0.15) is 13.2 Å². The summed E-state index contributed by atoms with van der Waals surface area (Å²) >= 11 is 0. The minimum atomic E-state index is -4.45. The van der Waals surface area contributed by atoms with Gasteiger partial charge >= 0.3 is 12.1 Å². The number of anilines is 2. The Morgan fingerprint density at radius 1 is 1.12 bits per heavy atom. The van der Waals surface area contributed by atoms with Gasteiger partial charge in [0.2, 0.25) is 0 Å². The second-order valence-electron chi connectivity index (χ2n) is 6.11. The molecule has 0 saturated carbocycles. The molecule has 4 nitrogen and oxygen atoms in total. The van der Waals surface area contributed by atoms with Crippen LogP contribution in [0.2, 0.25) is 0 Å². The number of carbonyl (C=O) groups excluding carboxylic acids is 1. The molecule has 1 aromatic carbocycles. The first kappa shape index (κ1) is 17.8. The standard InChI is InChI=1S/C17H17F3N2O2/c1-16(2,3)24-15(23)13-8-5-9-21-14(13)22-12-7-4-6-11(10-12)17(18,19)20/h4-10H,1-3H3,(H,21,22). The number of rotatable bonds is 3. The van der Waals surface area contributed by atoms with Crippen molar-refractivity contribution in [2.75, 3.05) is 5.32 Å². The van der Waals surface area contributed by atoms with Crippen LogP contribution < -0.4 is 5.32 Å². The Bertz CT molecular complexity index is 737. The third-order valence-electron chi connectivity index (χ3n) is 2.88. The summed E-state index contributed by atoms with van der Waals surface area (Å²) in [7, 11) is 0. The van der Waals surface area contributed by atoms with Crippen molar-refractivity contribution in [1.82, 2.24) is 4.98 Å². The van der Waals surface area contributed by atoms with Crippen LogP contribution in [0.3, 0.4) is 0 Å². The Morgan fingerprint density at radius 3 is 2.46 bits per heavy atom. The van der Waals surface area contributed by atoms with Crippen molar-refractivity contribution in [2.24, 2.45) is 0 Å². The van der Waals surface area contributed by atoms with E-state index in [4.69, 9.17) is 4.74 Å². The van der Waals surface area contributed by atoms with Gasteiger partial charge in [0.1, 0.15) is 17.0 Å². The van der Waals surface area contributed by atoms with Gasteiger partial charge in [-0.25, -0.2) is 9.78 Å². The van der Waals surface area contributed by atoms with Crippen LogP contribution in [0.4, 0.5) is 24.7 Å². The molecule has 1 aromatic heterocycles. The van der Waals surface area contributed by atoms with Crippen LogP contribution in [0.15, 0.2) is 42.6 Å². The average Bonchev–Trinajstić information content (AvgIpc) is 2.45. The zero-order valence-electron chi connectivity index (χ0n) is 13.4. The summed E-state index contributed by atoms with van der Waals surface area (Å²) in [5.41, 5.74) is -1.17. The Labute approximate surface area is 137 Å². The second-order valence-corrected chi connectivity index (χ2v) is 6.11. The van der Waals surface area contributed by atoms with Gasteiger partial charge in [-0.05, 0) is 51.1 Å². The first-order chi connectivity index (χ1) is 11.1. The van der Waals surface area contributed by atoms with Crippen molar-refractivity contribution >= 4 is 17.5 Å². The molecule has 1 N–H and O–H groups in total. The predicted molar refractivity (Wildman–Crippen MR) is 84.1 cm³/mol. The van der Waals surface area contributed by atoms with Crippen LogP contribution in [0.25, 0.3) is 0 Å². The van der Waals surface area contributed by atoms with E-state index in [1.165, 1.54) is 24.4 Å². The van der Waals surface area contributed by atoms with Crippen LogP contribution in [0.1, 0.15) is 36.7 Å². The highest BCUT2D eigenvalue weighted by Crippen LogP contribution is 2.31. The molecule has 1 heterocycles. The molecule has 0 amide bonds. The molecule has 0 aliphatic carbocycles. The van der Waals surface area contributed by atoms with Crippen molar-refractivity contribution in [1.29, 1.82) is 0 Å². The zero-order valence-corrected chi connectivity index (χ0v) is 13.4. The van der Waals surface area contributed by atoms with Gasteiger partial charge in [0.25, 0.3) is 0 Å². The molecule has 7 heteroatoms. The molecule has 2 aromatic rings. The van der Waals surface area contributed by atoms with E-state index in [0.717, 1.165) is 12.1 Å². The highest BCUT2D eigenvalue weighted by molar-refractivity contribution is 5.95. The van der Waals surface area contributed by atoms with Crippen LogP contribution >= 0.6 is 0 Å². The quantitative estimate of drug-likeness (QED) is 0.817. The number of hydrogen-bond acceptors (Lipinski definition) is 4. The molecule has 0 unspecified atom stereocenters. The van der Waals surface area contributed by atoms with E-state index in [0.29, 0.717) is 0 Å². The van der Waals surface area contributed by atoms with Crippen LogP contribution in [-0.4, -0.2) is 16.6 Å². The molecule has 24 heavy (non-hydrogen) atoms. The summed E-state index contributed by atoms with van der Waals surface area (Å²) in [6.07, 6.45) is -3.01. The van der Waals surface area contributed by atoms with E-state index in [1.54, 1.807) is 26.8 Å². The smallest absolute Gasteiger partial charge is 0.416 e. The topological polar surface area (TPSA) is 51.2 Å². The summed E-state index contributed by atoms with van der Waals surface area (Å²) in [6, 6.07) is 7.71. The van der Waals surface area contributed by atoms with Gasteiger partial charge < -0.3 is 10.1 Å². The zero-order chi connectivity index (χ0) is 18.0. The first-order valence-corrected chi connectivity index (χ1v) is 7.19. The van der Waals surface area contributed by atoms with Crippen LogP contribution in [-0.2, 0) is 10.9 Å². The minimum absolute atomic E-state index is 0.131. The average molecular weight is 338 g/mol. The molecule has 128 valence electrons. The summed E-state index contributed by atoms with van der Waals surface area (Å²) in [5.74, 6) is -0.476.